The molecule has 16 heavy (non-hydrogen) atoms. The maximum atomic E-state index is 11.5. The smallest absolute Gasteiger partial charge is 0.220 e. The van der Waals surface area contributed by atoms with Crippen LogP contribution in [0.5, 0.6) is 0 Å². The second kappa shape index (κ2) is 3.55. The van der Waals surface area contributed by atoms with Crippen molar-refractivity contribution in [1.29, 1.82) is 0 Å². The Morgan fingerprint density at radius 1 is 1.31 bits per heavy atom. The van der Waals surface area contributed by atoms with Crippen LogP contribution in [0.15, 0.2) is 16.9 Å². The minimum absolute atomic E-state index is 0.124. The maximum Gasteiger partial charge on any atom is 0.220 e. The molecule has 1 atom stereocenters. The number of nitrogens with zero attached hydrogens (tertiary/aromatic N) is 1. The summed E-state index contributed by atoms with van der Waals surface area (Å²) in [4.78, 5) is 15.7. The summed E-state index contributed by atoms with van der Waals surface area (Å²) in [6.45, 7) is 0. The Morgan fingerprint density at radius 2 is 2.19 bits per heavy atom. The highest BCUT2D eigenvalue weighted by atomic mass is 79.9. The summed E-state index contributed by atoms with van der Waals surface area (Å²) in [5.41, 5.74) is 2.42. The number of carbonyl (C=O) groups is 1. The van der Waals surface area contributed by atoms with Gasteiger partial charge in [0.1, 0.15) is 0 Å². The molecule has 1 fully saturated rings. The van der Waals surface area contributed by atoms with Crippen molar-refractivity contribution in [2.24, 2.45) is 0 Å². The van der Waals surface area contributed by atoms with E-state index in [2.05, 4.69) is 26.2 Å². The molecule has 84 valence electrons. The van der Waals surface area contributed by atoms with Crippen LogP contribution in [0, 0.1) is 0 Å². The van der Waals surface area contributed by atoms with Gasteiger partial charge in [0.25, 0.3) is 0 Å². The van der Waals surface area contributed by atoms with Crippen molar-refractivity contribution in [1.82, 2.24) is 10.3 Å². The number of hydrogen-bond acceptors (Lipinski definition) is 2. The van der Waals surface area contributed by atoms with Crippen LogP contribution in [-0.2, 0) is 16.8 Å². The number of nitrogens with one attached hydrogen (secondary N) is 1. The van der Waals surface area contributed by atoms with Gasteiger partial charge in [0.2, 0.25) is 5.91 Å². The van der Waals surface area contributed by atoms with Crippen molar-refractivity contribution in [2.45, 2.75) is 37.6 Å². The van der Waals surface area contributed by atoms with Crippen LogP contribution >= 0.6 is 15.9 Å². The first-order chi connectivity index (χ1) is 7.71. The molecule has 3 rings (SSSR count). The lowest BCUT2D eigenvalue weighted by Crippen LogP contribution is -2.41. The van der Waals surface area contributed by atoms with Crippen LogP contribution in [0.1, 0.15) is 36.8 Å². The van der Waals surface area contributed by atoms with Gasteiger partial charge in [-0.3, -0.25) is 9.78 Å². The van der Waals surface area contributed by atoms with E-state index in [1.54, 1.807) is 0 Å². The summed E-state index contributed by atoms with van der Waals surface area (Å²) in [5, 5.41) is 3.15. The molecule has 1 aromatic rings. The lowest BCUT2D eigenvalue weighted by molar-refractivity contribution is -0.119. The number of rotatable bonds is 0. The Kier molecular flexibility index (Phi) is 2.28. The molecule has 0 aromatic carbocycles. The first-order valence-electron chi connectivity index (χ1n) is 5.65. The number of halogens is 1. The molecule has 0 saturated carbocycles. The molecule has 2 heterocycles. The van der Waals surface area contributed by atoms with Gasteiger partial charge in [0, 0.05) is 28.9 Å². The zero-order valence-corrected chi connectivity index (χ0v) is 10.5. The van der Waals surface area contributed by atoms with Crippen molar-refractivity contribution in [3.63, 3.8) is 0 Å². The van der Waals surface area contributed by atoms with E-state index in [9.17, 15) is 4.79 Å². The van der Waals surface area contributed by atoms with Gasteiger partial charge < -0.3 is 5.32 Å². The summed E-state index contributed by atoms with van der Waals surface area (Å²) in [6.07, 6.45) is 8.58. The van der Waals surface area contributed by atoms with E-state index in [4.69, 9.17) is 0 Å². The first kappa shape index (κ1) is 10.3. The molecule has 1 unspecified atom stereocenters. The quantitative estimate of drug-likeness (QED) is 0.792. The molecule has 1 amide bonds. The topological polar surface area (TPSA) is 42.0 Å². The van der Waals surface area contributed by atoms with Gasteiger partial charge in [-0.25, -0.2) is 0 Å². The first-order valence-corrected chi connectivity index (χ1v) is 6.44. The molecule has 1 aliphatic heterocycles. The Balaban J connectivity index is 2.13. The zero-order chi connectivity index (χ0) is 11.2. The van der Waals surface area contributed by atoms with E-state index in [0.29, 0.717) is 6.42 Å². The molecule has 2 aliphatic rings. The monoisotopic (exact) mass is 280 g/mol. The standard InChI is InChI=1S/C12H13BrN2O/c13-10-7-14-6-9-8(10)2-1-4-12(9)5-3-11(16)15-12/h6-7H,1-5H2,(H,15,16). The molecule has 1 N–H and O–H groups in total. The second-order valence-electron chi connectivity index (χ2n) is 4.63. The fourth-order valence-corrected chi connectivity index (χ4v) is 3.47. The zero-order valence-electron chi connectivity index (χ0n) is 8.92. The van der Waals surface area contributed by atoms with Gasteiger partial charge in [-0.1, -0.05) is 0 Å². The van der Waals surface area contributed by atoms with E-state index in [1.165, 1.54) is 11.1 Å². The van der Waals surface area contributed by atoms with Gasteiger partial charge in [0.05, 0.1) is 5.54 Å². The average molecular weight is 281 g/mol. The second-order valence-corrected chi connectivity index (χ2v) is 5.49. The van der Waals surface area contributed by atoms with E-state index < -0.39 is 0 Å². The third kappa shape index (κ3) is 1.39. The summed E-state index contributed by atoms with van der Waals surface area (Å²) >= 11 is 3.55. The Hall–Kier alpha value is -0.900. The van der Waals surface area contributed by atoms with E-state index >= 15 is 0 Å². The normalized spacial score (nSPS) is 27.9. The minimum Gasteiger partial charge on any atom is -0.347 e. The summed E-state index contributed by atoms with van der Waals surface area (Å²) in [5.74, 6) is 0.174. The predicted octanol–water partition coefficient (Wildman–Crippen LogP) is 2.29. The van der Waals surface area contributed by atoms with Crippen molar-refractivity contribution in [2.75, 3.05) is 0 Å². The SMILES string of the molecule is O=C1CCC2(CCCc3c(Br)cncc32)N1. The van der Waals surface area contributed by atoms with Gasteiger partial charge in [-0.15, -0.1) is 0 Å². The van der Waals surface area contributed by atoms with Crippen LogP contribution in [0.25, 0.3) is 0 Å². The van der Waals surface area contributed by atoms with Crippen molar-refractivity contribution in [3.05, 3.63) is 28.0 Å². The number of fused-ring (bicyclic) bond motifs is 2. The van der Waals surface area contributed by atoms with Crippen LogP contribution in [0.3, 0.4) is 0 Å². The highest BCUT2D eigenvalue weighted by molar-refractivity contribution is 9.10. The summed E-state index contributed by atoms with van der Waals surface area (Å²) in [6, 6.07) is 0. The molecule has 0 radical (unpaired) electrons. The van der Waals surface area contributed by atoms with Crippen molar-refractivity contribution >= 4 is 21.8 Å². The molecule has 4 heteroatoms. The maximum absolute atomic E-state index is 11.5. The third-order valence-corrected chi connectivity index (χ3v) is 4.39. The van der Waals surface area contributed by atoms with Crippen LogP contribution < -0.4 is 5.32 Å². The highest BCUT2D eigenvalue weighted by Gasteiger charge is 2.42. The molecule has 0 bridgehead atoms. The van der Waals surface area contributed by atoms with Crippen LogP contribution in [0.4, 0.5) is 0 Å². The van der Waals surface area contributed by atoms with E-state index in [1.807, 2.05) is 12.4 Å². The summed E-state index contributed by atoms with van der Waals surface area (Å²) in [7, 11) is 0. The lowest BCUT2D eigenvalue weighted by Gasteiger charge is -2.35. The third-order valence-electron chi connectivity index (χ3n) is 3.71. The van der Waals surface area contributed by atoms with Crippen LogP contribution in [-0.4, -0.2) is 10.9 Å². The molecule has 1 aromatic heterocycles. The van der Waals surface area contributed by atoms with Crippen molar-refractivity contribution < 1.29 is 4.79 Å². The number of amides is 1. The molecule has 1 spiro atoms. The minimum atomic E-state index is -0.124. The molecular formula is C12H13BrN2O. The number of carbonyl (C=O) groups excluding carboxylic acids is 1. The van der Waals surface area contributed by atoms with Crippen molar-refractivity contribution in [3.8, 4) is 0 Å². The number of pyridine rings is 1. The van der Waals surface area contributed by atoms with Gasteiger partial charge >= 0.3 is 0 Å². The fraction of sp³-hybridized carbons (Fsp3) is 0.500. The highest BCUT2D eigenvalue weighted by Crippen LogP contribution is 2.43. The van der Waals surface area contributed by atoms with Gasteiger partial charge in [-0.05, 0) is 47.2 Å². The van der Waals surface area contributed by atoms with Gasteiger partial charge in [0.15, 0.2) is 0 Å². The Bertz CT molecular complexity index is 460. The molecule has 1 saturated heterocycles. The predicted molar refractivity (Wildman–Crippen MR) is 63.9 cm³/mol. The Morgan fingerprint density at radius 3 is 2.94 bits per heavy atom. The number of hydrogen-bond donors (Lipinski definition) is 1. The summed E-state index contributed by atoms with van der Waals surface area (Å²) < 4.78 is 1.07. The van der Waals surface area contributed by atoms with Crippen LogP contribution in [0.2, 0.25) is 0 Å². The average Bonchev–Trinajstić information content (AvgIpc) is 2.63. The molecular weight excluding hydrogens is 268 g/mol. The number of aromatic nitrogens is 1. The van der Waals surface area contributed by atoms with Gasteiger partial charge in [-0.2, -0.15) is 0 Å². The molecule has 3 nitrogen and oxygen atoms in total. The molecule has 1 aliphatic carbocycles. The fourth-order valence-electron chi connectivity index (χ4n) is 2.94. The largest absolute Gasteiger partial charge is 0.347 e. The lowest BCUT2D eigenvalue weighted by atomic mass is 9.76. The Labute approximate surface area is 103 Å². The van der Waals surface area contributed by atoms with E-state index in [-0.39, 0.29) is 11.4 Å². The van der Waals surface area contributed by atoms with E-state index in [0.717, 1.165) is 30.2 Å².